The summed E-state index contributed by atoms with van der Waals surface area (Å²) in [5, 5.41) is 69.1. The van der Waals surface area contributed by atoms with Crippen LogP contribution in [0.25, 0.3) is 0 Å². The van der Waals surface area contributed by atoms with Crippen LogP contribution in [0.15, 0.2) is 0 Å². The van der Waals surface area contributed by atoms with Gasteiger partial charge in [0.15, 0.2) is 12.6 Å². The lowest BCUT2D eigenvalue weighted by atomic mass is 9.97. The minimum Gasteiger partial charge on any atom is -0.463 e. The fourth-order valence-corrected chi connectivity index (χ4v) is 3.12. The van der Waals surface area contributed by atoms with E-state index in [0.717, 1.165) is 6.42 Å². The van der Waals surface area contributed by atoms with Crippen LogP contribution in [0.4, 0.5) is 0 Å². The molecule has 0 radical (unpaired) electrons. The molecule has 0 saturated carbocycles. The number of unbranched alkanes of at least 4 members (excludes halogenated alkanes) is 1. The minimum atomic E-state index is -1.76. The number of carbonyl (C=O) groups is 1. The van der Waals surface area contributed by atoms with Gasteiger partial charge in [0.2, 0.25) is 0 Å². The van der Waals surface area contributed by atoms with Gasteiger partial charge in [-0.1, -0.05) is 13.3 Å². The first kappa shape index (κ1) is 24.3. The normalized spacial score (nSPS) is 43.2. The number of aliphatic hydroxyl groups is 7. The quantitative estimate of drug-likeness (QED) is 0.188. The number of aliphatic hydroxyl groups excluding tert-OH is 7. The van der Waals surface area contributed by atoms with Crippen LogP contribution in [0, 0.1) is 0 Å². The molecule has 29 heavy (non-hydrogen) atoms. The van der Waals surface area contributed by atoms with Crippen molar-refractivity contribution < 1.29 is 59.5 Å². The van der Waals surface area contributed by atoms with Gasteiger partial charge in [-0.05, 0) is 6.42 Å². The van der Waals surface area contributed by atoms with Crippen LogP contribution >= 0.6 is 0 Å². The van der Waals surface area contributed by atoms with Crippen LogP contribution < -0.4 is 0 Å². The highest BCUT2D eigenvalue weighted by atomic mass is 16.7. The maximum absolute atomic E-state index is 11.7. The third kappa shape index (κ3) is 5.82. The van der Waals surface area contributed by atoms with Gasteiger partial charge in [0, 0.05) is 6.42 Å². The number of carbonyl (C=O) groups excluding carboxylic acids is 1. The molecule has 0 bridgehead atoms. The lowest BCUT2D eigenvalue weighted by Gasteiger charge is -2.45. The van der Waals surface area contributed by atoms with E-state index in [-0.39, 0.29) is 6.42 Å². The van der Waals surface area contributed by atoms with E-state index >= 15 is 0 Å². The maximum atomic E-state index is 11.7. The Morgan fingerprint density at radius 2 is 1.59 bits per heavy atom. The molecule has 2 aliphatic heterocycles. The second-order valence-electron chi connectivity index (χ2n) is 7.13. The van der Waals surface area contributed by atoms with Crippen LogP contribution in [0.2, 0.25) is 0 Å². The fourth-order valence-electron chi connectivity index (χ4n) is 3.12. The Kier molecular flexibility index (Phi) is 9.15. The summed E-state index contributed by atoms with van der Waals surface area (Å²) in [5.74, 6) is -0.519. The predicted molar refractivity (Wildman–Crippen MR) is 92.0 cm³/mol. The molecule has 170 valence electrons. The Morgan fingerprint density at radius 3 is 2.21 bits per heavy atom. The van der Waals surface area contributed by atoms with E-state index in [1.807, 2.05) is 6.92 Å². The molecule has 0 aliphatic carbocycles. The second kappa shape index (κ2) is 10.9. The molecule has 0 unspecified atom stereocenters. The fraction of sp³-hybridized carbons (Fsp3) is 0.941. The Morgan fingerprint density at radius 1 is 0.897 bits per heavy atom. The summed E-state index contributed by atoms with van der Waals surface area (Å²) < 4.78 is 20.8. The molecular weight excluding hydrogens is 396 g/mol. The number of hydrogen-bond acceptors (Lipinski definition) is 12. The van der Waals surface area contributed by atoms with Crippen molar-refractivity contribution in [3.05, 3.63) is 0 Å². The third-order valence-electron chi connectivity index (χ3n) is 4.94. The van der Waals surface area contributed by atoms with Crippen LogP contribution in [-0.2, 0) is 23.7 Å². The first-order chi connectivity index (χ1) is 13.7. The van der Waals surface area contributed by atoms with Crippen molar-refractivity contribution in [3.63, 3.8) is 0 Å². The van der Waals surface area contributed by atoms with Crippen molar-refractivity contribution in [3.8, 4) is 0 Å². The monoisotopic (exact) mass is 426 g/mol. The summed E-state index contributed by atoms with van der Waals surface area (Å²) in [6, 6.07) is 0. The van der Waals surface area contributed by atoms with Gasteiger partial charge in [-0.15, -0.1) is 0 Å². The van der Waals surface area contributed by atoms with E-state index in [2.05, 4.69) is 0 Å². The zero-order valence-electron chi connectivity index (χ0n) is 16.0. The van der Waals surface area contributed by atoms with Crippen LogP contribution in [0.1, 0.15) is 26.2 Å². The van der Waals surface area contributed by atoms with Gasteiger partial charge in [0.05, 0.1) is 6.61 Å². The third-order valence-corrected chi connectivity index (χ3v) is 4.94. The maximum Gasteiger partial charge on any atom is 0.305 e. The van der Waals surface area contributed by atoms with Crippen molar-refractivity contribution >= 4 is 5.97 Å². The van der Waals surface area contributed by atoms with Gasteiger partial charge in [0.1, 0.15) is 55.4 Å². The highest BCUT2D eigenvalue weighted by Gasteiger charge is 2.50. The average Bonchev–Trinajstić information content (AvgIpc) is 2.71. The van der Waals surface area contributed by atoms with Crippen molar-refractivity contribution in [2.45, 2.75) is 87.6 Å². The molecule has 12 heteroatoms. The summed E-state index contributed by atoms with van der Waals surface area (Å²) >= 11 is 0. The summed E-state index contributed by atoms with van der Waals surface area (Å²) in [6.07, 6.45) is -14.3. The Hall–Kier alpha value is -0.930. The molecule has 0 aromatic carbocycles. The second-order valence-corrected chi connectivity index (χ2v) is 7.13. The van der Waals surface area contributed by atoms with E-state index in [1.54, 1.807) is 0 Å². The zero-order chi connectivity index (χ0) is 21.7. The molecule has 7 N–H and O–H groups in total. The SMILES string of the molecule is CCCCC(=O)OC[C@H]1O[C@H](O[C@H]2[C@H](O)[C@@H](O)[C@@H](O)O[C@@H]2CO)[C@H](O)[C@@H](O)[C@@H]1O. The van der Waals surface area contributed by atoms with E-state index in [1.165, 1.54) is 0 Å². The number of esters is 1. The average molecular weight is 426 g/mol. The van der Waals surface area contributed by atoms with Crippen LogP contribution in [-0.4, -0.2) is 116 Å². The smallest absolute Gasteiger partial charge is 0.305 e. The van der Waals surface area contributed by atoms with Crippen molar-refractivity contribution in [2.24, 2.45) is 0 Å². The lowest BCUT2D eigenvalue weighted by molar-refractivity contribution is -0.355. The van der Waals surface area contributed by atoms with E-state index in [0.29, 0.717) is 6.42 Å². The van der Waals surface area contributed by atoms with Gasteiger partial charge in [-0.25, -0.2) is 0 Å². The van der Waals surface area contributed by atoms with Gasteiger partial charge >= 0.3 is 5.97 Å². The van der Waals surface area contributed by atoms with Crippen molar-refractivity contribution in [2.75, 3.05) is 13.2 Å². The molecule has 2 heterocycles. The Balaban J connectivity index is 2.03. The highest BCUT2D eigenvalue weighted by Crippen LogP contribution is 2.28. The number of ether oxygens (including phenoxy) is 4. The summed E-state index contributed by atoms with van der Waals surface area (Å²) in [4.78, 5) is 11.7. The summed E-state index contributed by atoms with van der Waals surface area (Å²) in [6.45, 7) is 0.791. The van der Waals surface area contributed by atoms with E-state index < -0.39 is 80.6 Å². The predicted octanol–water partition coefficient (Wildman–Crippen LogP) is -3.66. The molecule has 0 aromatic heterocycles. The Bertz CT molecular complexity index is 517. The first-order valence-corrected chi connectivity index (χ1v) is 9.52. The number of hydrogen-bond donors (Lipinski definition) is 7. The van der Waals surface area contributed by atoms with Gasteiger partial charge in [0.25, 0.3) is 0 Å². The topological polar surface area (TPSA) is 196 Å². The number of rotatable bonds is 8. The lowest BCUT2D eigenvalue weighted by Crippen LogP contribution is -2.64. The van der Waals surface area contributed by atoms with Crippen LogP contribution in [0.5, 0.6) is 0 Å². The van der Waals surface area contributed by atoms with Crippen LogP contribution in [0.3, 0.4) is 0 Å². The molecule has 2 saturated heterocycles. The largest absolute Gasteiger partial charge is 0.463 e. The molecule has 0 amide bonds. The van der Waals surface area contributed by atoms with Crippen molar-refractivity contribution in [1.29, 1.82) is 0 Å². The van der Waals surface area contributed by atoms with Gasteiger partial charge in [-0.3, -0.25) is 4.79 Å². The first-order valence-electron chi connectivity index (χ1n) is 9.52. The molecule has 0 aromatic rings. The molecule has 10 atom stereocenters. The molecule has 2 rings (SSSR count). The van der Waals surface area contributed by atoms with E-state index in [9.17, 15) is 40.5 Å². The molecular formula is C17H30O12. The van der Waals surface area contributed by atoms with Gasteiger partial charge in [-0.2, -0.15) is 0 Å². The summed E-state index contributed by atoms with van der Waals surface area (Å²) in [7, 11) is 0. The highest BCUT2D eigenvalue weighted by molar-refractivity contribution is 5.69. The molecule has 2 aliphatic rings. The molecule has 2 fully saturated rings. The minimum absolute atomic E-state index is 0.175. The zero-order valence-corrected chi connectivity index (χ0v) is 16.0. The molecule has 12 nitrogen and oxygen atoms in total. The van der Waals surface area contributed by atoms with E-state index in [4.69, 9.17) is 18.9 Å². The standard InChI is InChI=1S/C17H30O12/c1-2-3-4-9(19)26-6-8-10(20)11(21)14(24)17(28-8)29-15-7(5-18)27-16(25)13(23)12(15)22/h7-8,10-18,20-25H,2-6H2,1H3/t7-,8-,10-,11+,12-,13-,14-,15-,16+,17-/m1/s1. The van der Waals surface area contributed by atoms with Crippen molar-refractivity contribution in [1.82, 2.24) is 0 Å². The Labute approximate surface area is 167 Å². The summed E-state index contributed by atoms with van der Waals surface area (Å²) in [5.41, 5.74) is 0. The molecule has 0 spiro atoms. The van der Waals surface area contributed by atoms with Gasteiger partial charge < -0.3 is 54.7 Å².